The fourth-order valence-corrected chi connectivity index (χ4v) is 5.49. The van der Waals surface area contributed by atoms with Gasteiger partial charge in [0.25, 0.3) is 0 Å². The molecule has 0 saturated carbocycles. The number of carbonyl (C=O) groups excluding carboxylic acids is 2. The molecule has 0 radical (unpaired) electrons. The van der Waals surface area contributed by atoms with E-state index in [0.29, 0.717) is 41.4 Å². The molecule has 0 bridgehead atoms. The molecule has 1 N–H and O–H groups in total. The van der Waals surface area contributed by atoms with E-state index >= 15 is 0 Å². The molecule has 0 spiro atoms. The molecule has 11 heteroatoms. The maximum absolute atomic E-state index is 14.3. The van der Waals surface area contributed by atoms with Crippen LogP contribution in [-0.2, 0) is 9.59 Å². The molecule has 1 aliphatic heterocycles. The van der Waals surface area contributed by atoms with Crippen molar-refractivity contribution in [2.45, 2.75) is 46.1 Å². The molecule has 0 unspecified atom stereocenters. The van der Waals surface area contributed by atoms with Crippen molar-refractivity contribution >= 4 is 34.4 Å². The molecule has 1 fully saturated rings. The van der Waals surface area contributed by atoms with Crippen LogP contribution in [0.15, 0.2) is 59.3 Å². The topological polar surface area (TPSA) is 106 Å². The van der Waals surface area contributed by atoms with Crippen LogP contribution >= 0.6 is 0 Å². The van der Waals surface area contributed by atoms with Gasteiger partial charge in [0.2, 0.25) is 11.8 Å². The number of nitrogens with zero attached hydrogens (tertiary/aromatic N) is 5. The van der Waals surface area contributed by atoms with Gasteiger partial charge in [-0.05, 0) is 68.7 Å². The van der Waals surface area contributed by atoms with E-state index in [-0.39, 0.29) is 23.9 Å². The Labute approximate surface area is 233 Å². The summed E-state index contributed by atoms with van der Waals surface area (Å²) in [4.78, 5) is 35.7. The summed E-state index contributed by atoms with van der Waals surface area (Å²) < 4.78 is 35.4. The number of piperidine rings is 1. The Balaban J connectivity index is 1.55. The molecule has 1 atom stereocenters. The maximum atomic E-state index is 14.3. The van der Waals surface area contributed by atoms with Crippen LogP contribution in [0.2, 0.25) is 0 Å². The van der Waals surface area contributed by atoms with Gasteiger partial charge in [-0.2, -0.15) is 0 Å². The van der Waals surface area contributed by atoms with Crippen LogP contribution in [0.1, 0.15) is 49.5 Å². The second-order valence-electron chi connectivity index (χ2n) is 10.1. The number of aromatic nitrogens is 4. The van der Waals surface area contributed by atoms with Gasteiger partial charge >= 0.3 is 0 Å². The van der Waals surface area contributed by atoms with Gasteiger partial charge < -0.3 is 14.7 Å². The number of hydrogen-bond donors (Lipinski definition) is 1. The molecule has 9 nitrogen and oxygen atoms in total. The summed E-state index contributed by atoms with van der Waals surface area (Å²) in [7, 11) is 0. The zero-order chi connectivity index (χ0) is 28.8. The summed E-state index contributed by atoms with van der Waals surface area (Å²) in [5.41, 5.74) is 4.83. The van der Waals surface area contributed by atoms with Crippen molar-refractivity contribution in [2.24, 2.45) is 0 Å². The van der Waals surface area contributed by atoms with Crippen molar-refractivity contribution < 1.29 is 22.9 Å². The minimum absolute atomic E-state index is 0.207. The lowest BCUT2D eigenvalue weighted by atomic mass is 9.99. The molecule has 2 aromatic carbocycles. The van der Waals surface area contributed by atoms with E-state index in [4.69, 9.17) is 9.51 Å². The largest absolute Gasteiger partial charge is 0.361 e. The lowest BCUT2D eigenvalue weighted by molar-refractivity contribution is -0.120. The number of pyridine rings is 1. The second kappa shape index (κ2) is 10.2. The van der Waals surface area contributed by atoms with E-state index in [0.717, 1.165) is 34.5 Å². The van der Waals surface area contributed by atoms with E-state index in [1.165, 1.54) is 17.9 Å². The van der Waals surface area contributed by atoms with Crippen LogP contribution in [0, 0.1) is 25.5 Å². The Morgan fingerprint density at radius 1 is 1.05 bits per heavy atom. The van der Waals surface area contributed by atoms with Crippen LogP contribution in [0.3, 0.4) is 0 Å². The first-order chi connectivity index (χ1) is 19.7. The molecule has 5 aromatic rings. The highest BCUT2D eigenvalue weighted by Crippen LogP contribution is 2.39. The standard InChI is InChI=1S/C30H26F2N6O3/c1-16-29(17(2)41-36-16)19-7-11-25-24(13-19)35-30(38(25)21-9-12-27(33-15-21)34-18(3)39)26-5-4-6-28(40)37(26)20-8-10-22(31)23(32)14-20/h7-15,26H,4-6H2,1-3H3,(H,33,34,39)/t26-/m0/s1. The maximum Gasteiger partial charge on any atom is 0.227 e. The Bertz CT molecular complexity index is 1790. The number of imidazole rings is 1. The molecule has 4 heterocycles. The van der Waals surface area contributed by atoms with Crippen molar-refractivity contribution in [3.05, 3.63) is 83.6 Å². The van der Waals surface area contributed by atoms with E-state index in [2.05, 4.69) is 15.5 Å². The van der Waals surface area contributed by atoms with Crippen LogP contribution < -0.4 is 10.2 Å². The van der Waals surface area contributed by atoms with Crippen molar-refractivity contribution in [3.8, 4) is 16.8 Å². The molecule has 208 valence electrons. The zero-order valence-electron chi connectivity index (χ0n) is 22.6. The Kier molecular flexibility index (Phi) is 6.56. The highest BCUT2D eigenvalue weighted by Gasteiger charge is 2.35. The van der Waals surface area contributed by atoms with Crippen molar-refractivity contribution in [1.82, 2.24) is 19.7 Å². The van der Waals surface area contributed by atoms with Gasteiger partial charge in [0.1, 0.15) is 17.4 Å². The second-order valence-corrected chi connectivity index (χ2v) is 10.1. The molecule has 6 rings (SSSR count). The smallest absolute Gasteiger partial charge is 0.227 e. The fourth-order valence-electron chi connectivity index (χ4n) is 5.49. The Morgan fingerprint density at radius 3 is 2.54 bits per heavy atom. The molecule has 3 aromatic heterocycles. The lowest BCUT2D eigenvalue weighted by Gasteiger charge is -2.35. The molecule has 1 saturated heterocycles. The zero-order valence-corrected chi connectivity index (χ0v) is 22.6. The van der Waals surface area contributed by atoms with Crippen molar-refractivity contribution in [1.29, 1.82) is 0 Å². The number of halogens is 2. The SMILES string of the molecule is CC(=O)Nc1ccc(-n2c([C@@H]3CCCC(=O)N3c3ccc(F)c(F)c3)nc3cc(-c4c(C)noc4C)ccc32)cn1. The van der Waals surface area contributed by atoms with E-state index in [1.54, 1.807) is 18.3 Å². The fraction of sp³-hybridized carbons (Fsp3) is 0.233. The summed E-state index contributed by atoms with van der Waals surface area (Å²) in [6.45, 7) is 5.12. The number of hydrogen-bond acceptors (Lipinski definition) is 6. The highest BCUT2D eigenvalue weighted by molar-refractivity contribution is 5.95. The Morgan fingerprint density at radius 2 is 1.85 bits per heavy atom. The normalized spacial score (nSPS) is 15.5. The number of nitrogens with one attached hydrogen (secondary N) is 1. The van der Waals surface area contributed by atoms with Crippen LogP contribution in [0.5, 0.6) is 0 Å². The monoisotopic (exact) mass is 556 g/mol. The molecule has 0 aliphatic carbocycles. The average Bonchev–Trinajstić information content (AvgIpc) is 3.49. The summed E-state index contributed by atoms with van der Waals surface area (Å²) in [5.74, 6) is -0.849. The molecular weight excluding hydrogens is 530 g/mol. The molecular formula is C30H26F2N6O3. The first kappa shape index (κ1) is 26.3. The summed E-state index contributed by atoms with van der Waals surface area (Å²) in [6, 6.07) is 12.2. The number of fused-ring (bicyclic) bond motifs is 1. The van der Waals surface area contributed by atoms with E-state index in [1.807, 2.05) is 36.6 Å². The highest BCUT2D eigenvalue weighted by atomic mass is 19.2. The van der Waals surface area contributed by atoms with E-state index < -0.39 is 17.7 Å². The number of carbonyl (C=O) groups is 2. The summed E-state index contributed by atoms with van der Waals surface area (Å²) >= 11 is 0. The van der Waals surface area contributed by atoms with Gasteiger partial charge in [0, 0.05) is 30.7 Å². The third-order valence-electron chi connectivity index (χ3n) is 7.24. The van der Waals surface area contributed by atoms with E-state index in [9.17, 15) is 18.4 Å². The average molecular weight is 557 g/mol. The molecule has 41 heavy (non-hydrogen) atoms. The quantitative estimate of drug-likeness (QED) is 0.277. The third-order valence-corrected chi connectivity index (χ3v) is 7.24. The van der Waals surface area contributed by atoms with Crippen molar-refractivity contribution in [2.75, 3.05) is 10.2 Å². The van der Waals surface area contributed by atoms with Gasteiger partial charge in [-0.15, -0.1) is 0 Å². The number of aryl methyl sites for hydroxylation is 2. The number of amides is 2. The van der Waals surface area contributed by atoms with Gasteiger partial charge in [0.05, 0.1) is 34.7 Å². The lowest BCUT2D eigenvalue weighted by Crippen LogP contribution is -2.39. The third kappa shape index (κ3) is 4.73. The minimum atomic E-state index is -1.03. The van der Waals surface area contributed by atoms with Crippen LogP contribution in [0.4, 0.5) is 20.3 Å². The Hall–Kier alpha value is -4.93. The summed E-state index contributed by atoms with van der Waals surface area (Å²) in [5, 5.41) is 6.73. The number of anilines is 2. The van der Waals surface area contributed by atoms with Crippen LogP contribution in [-0.4, -0.2) is 31.5 Å². The minimum Gasteiger partial charge on any atom is -0.361 e. The predicted octanol–water partition coefficient (Wildman–Crippen LogP) is 6.19. The number of benzene rings is 2. The van der Waals surface area contributed by atoms with Crippen molar-refractivity contribution in [3.63, 3.8) is 0 Å². The summed E-state index contributed by atoms with van der Waals surface area (Å²) in [6.07, 6.45) is 3.06. The van der Waals surface area contributed by atoms with Gasteiger partial charge in [-0.1, -0.05) is 11.2 Å². The van der Waals surface area contributed by atoms with Gasteiger partial charge in [-0.25, -0.2) is 18.7 Å². The van der Waals surface area contributed by atoms with Crippen LogP contribution in [0.25, 0.3) is 27.8 Å². The first-order valence-electron chi connectivity index (χ1n) is 13.2. The molecule has 2 amide bonds. The predicted molar refractivity (Wildman–Crippen MR) is 149 cm³/mol. The number of rotatable bonds is 5. The van der Waals surface area contributed by atoms with Gasteiger partial charge in [-0.3, -0.25) is 14.2 Å². The molecule has 1 aliphatic rings. The first-order valence-corrected chi connectivity index (χ1v) is 13.2. The van der Waals surface area contributed by atoms with Gasteiger partial charge in [0.15, 0.2) is 11.6 Å².